The van der Waals surface area contributed by atoms with Gasteiger partial charge in [0.05, 0.1) is 0 Å². The van der Waals surface area contributed by atoms with Crippen LogP contribution in [0.15, 0.2) is 34.9 Å². The van der Waals surface area contributed by atoms with Crippen LogP contribution < -0.4 is 5.32 Å². The number of halogens is 2. The normalized spacial score (nSPS) is 12.6. The molecule has 0 amide bonds. The van der Waals surface area contributed by atoms with Crippen molar-refractivity contribution >= 4 is 38.5 Å². The third-order valence-electron chi connectivity index (χ3n) is 3.29. The van der Waals surface area contributed by atoms with Crippen LogP contribution >= 0.6 is 38.5 Å². The van der Waals surface area contributed by atoms with Crippen LogP contribution in [-0.4, -0.2) is 16.8 Å². The Morgan fingerprint density at radius 3 is 2.84 bits per heavy atom. The van der Waals surface area contributed by atoms with E-state index in [2.05, 4.69) is 73.2 Å². The summed E-state index contributed by atoms with van der Waals surface area (Å²) in [6.45, 7) is 0. The molecule has 1 atom stereocenters. The molecular formula is C14H17BrIN3. The lowest BCUT2D eigenvalue weighted by molar-refractivity contribution is 0.533. The summed E-state index contributed by atoms with van der Waals surface area (Å²) in [4.78, 5) is 0. The van der Waals surface area contributed by atoms with Gasteiger partial charge in [0.15, 0.2) is 0 Å². The van der Waals surface area contributed by atoms with Crippen molar-refractivity contribution in [2.24, 2.45) is 7.05 Å². The molecule has 0 bridgehead atoms. The van der Waals surface area contributed by atoms with E-state index < -0.39 is 0 Å². The zero-order valence-electron chi connectivity index (χ0n) is 11.0. The largest absolute Gasteiger partial charge is 0.313 e. The molecule has 0 aliphatic rings. The van der Waals surface area contributed by atoms with Crippen molar-refractivity contribution in [1.82, 2.24) is 15.1 Å². The van der Waals surface area contributed by atoms with E-state index in [0.717, 1.165) is 17.3 Å². The molecule has 2 rings (SSSR count). The number of aryl methyl sites for hydroxylation is 2. The summed E-state index contributed by atoms with van der Waals surface area (Å²) < 4.78 is 4.37. The van der Waals surface area contributed by atoms with Crippen LogP contribution in [0.3, 0.4) is 0 Å². The third-order valence-corrected chi connectivity index (χ3v) is 4.77. The Labute approximate surface area is 136 Å². The first-order valence-corrected chi connectivity index (χ1v) is 8.08. The van der Waals surface area contributed by atoms with E-state index in [1.54, 1.807) is 0 Å². The molecule has 1 N–H and O–H groups in total. The molecule has 0 radical (unpaired) electrons. The van der Waals surface area contributed by atoms with E-state index >= 15 is 0 Å². The maximum atomic E-state index is 4.21. The van der Waals surface area contributed by atoms with Gasteiger partial charge >= 0.3 is 0 Å². The Morgan fingerprint density at radius 2 is 2.21 bits per heavy atom. The highest BCUT2D eigenvalue weighted by Crippen LogP contribution is 2.27. The molecule has 1 unspecified atom stereocenters. The molecule has 0 fully saturated rings. The zero-order valence-corrected chi connectivity index (χ0v) is 14.8. The van der Waals surface area contributed by atoms with E-state index in [0.29, 0.717) is 6.04 Å². The molecule has 0 aliphatic carbocycles. The van der Waals surface area contributed by atoms with Crippen LogP contribution in [0.25, 0.3) is 0 Å². The topological polar surface area (TPSA) is 29.9 Å². The average molecular weight is 434 g/mol. The first kappa shape index (κ1) is 15.0. The summed E-state index contributed by atoms with van der Waals surface area (Å²) in [6, 6.07) is 8.87. The van der Waals surface area contributed by atoms with E-state index in [4.69, 9.17) is 0 Å². The number of hydrogen-bond donors (Lipinski definition) is 1. The van der Waals surface area contributed by atoms with Crippen molar-refractivity contribution < 1.29 is 0 Å². The third kappa shape index (κ3) is 3.79. The van der Waals surface area contributed by atoms with Crippen LogP contribution in [0.5, 0.6) is 0 Å². The number of benzene rings is 1. The summed E-state index contributed by atoms with van der Waals surface area (Å²) in [5.41, 5.74) is 2.62. The van der Waals surface area contributed by atoms with E-state index in [1.807, 2.05) is 25.0 Å². The van der Waals surface area contributed by atoms with Gasteiger partial charge < -0.3 is 5.32 Å². The van der Waals surface area contributed by atoms with Crippen LogP contribution in [0, 0.1) is 3.57 Å². The molecule has 5 heteroatoms. The van der Waals surface area contributed by atoms with Crippen molar-refractivity contribution in [2.45, 2.75) is 18.9 Å². The zero-order chi connectivity index (χ0) is 13.8. The standard InChI is InChI=1S/C14H17BrIN3/c1-17-14(6-4-11-7-8-18-19(11)2)12-9-10(15)3-5-13(12)16/h3,5,7-9,14,17H,4,6H2,1-2H3. The van der Waals surface area contributed by atoms with Gasteiger partial charge in [0.2, 0.25) is 0 Å². The molecule has 2 aromatic rings. The van der Waals surface area contributed by atoms with Gasteiger partial charge in [-0.1, -0.05) is 15.9 Å². The van der Waals surface area contributed by atoms with E-state index in [1.165, 1.54) is 14.8 Å². The molecule has 0 saturated heterocycles. The maximum absolute atomic E-state index is 4.21. The van der Waals surface area contributed by atoms with Crippen molar-refractivity contribution in [3.05, 3.63) is 49.8 Å². The minimum atomic E-state index is 0.360. The summed E-state index contributed by atoms with van der Waals surface area (Å²) in [5.74, 6) is 0. The van der Waals surface area contributed by atoms with Gasteiger partial charge in [-0.3, -0.25) is 4.68 Å². The number of aromatic nitrogens is 2. The van der Waals surface area contributed by atoms with Crippen LogP contribution in [-0.2, 0) is 13.5 Å². The fourth-order valence-corrected chi connectivity index (χ4v) is 3.27. The Bertz CT molecular complexity index is 553. The second-order valence-corrected chi connectivity index (χ2v) is 6.57. The molecule has 1 heterocycles. The summed E-state index contributed by atoms with van der Waals surface area (Å²) in [6.07, 6.45) is 3.93. The van der Waals surface area contributed by atoms with Crippen LogP contribution in [0.1, 0.15) is 23.7 Å². The Hall–Kier alpha value is -0.400. The van der Waals surface area contributed by atoms with Gasteiger partial charge in [-0.2, -0.15) is 5.10 Å². The minimum absolute atomic E-state index is 0.360. The van der Waals surface area contributed by atoms with Crippen molar-refractivity contribution in [2.75, 3.05) is 7.05 Å². The van der Waals surface area contributed by atoms with Crippen LogP contribution in [0.4, 0.5) is 0 Å². The molecule has 0 saturated carbocycles. The first-order valence-electron chi connectivity index (χ1n) is 6.21. The summed E-state index contributed by atoms with van der Waals surface area (Å²) in [5, 5.41) is 7.63. The fourth-order valence-electron chi connectivity index (χ4n) is 2.18. The Kier molecular flexibility index (Phi) is 5.41. The highest BCUT2D eigenvalue weighted by molar-refractivity contribution is 14.1. The van der Waals surface area contributed by atoms with Crippen molar-refractivity contribution in [3.63, 3.8) is 0 Å². The number of hydrogen-bond acceptors (Lipinski definition) is 2. The predicted octanol–water partition coefficient (Wildman–Crippen LogP) is 3.68. The van der Waals surface area contributed by atoms with Gasteiger partial charge in [0.1, 0.15) is 0 Å². The predicted molar refractivity (Wildman–Crippen MR) is 90.2 cm³/mol. The molecule has 3 nitrogen and oxygen atoms in total. The highest BCUT2D eigenvalue weighted by atomic mass is 127. The molecular weight excluding hydrogens is 417 g/mol. The molecule has 19 heavy (non-hydrogen) atoms. The van der Waals surface area contributed by atoms with Gasteiger partial charge in [0, 0.05) is 33.0 Å². The van der Waals surface area contributed by atoms with Crippen molar-refractivity contribution in [1.29, 1.82) is 0 Å². The summed E-state index contributed by atoms with van der Waals surface area (Å²) >= 11 is 5.95. The SMILES string of the molecule is CNC(CCc1ccnn1C)c1cc(Br)ccc1I. The second kappa shape index (κ2) is 6.85. The number of rotatable bonds is 5. The number of nitrogens with zero attached hydrogens (tertiary/aromatic N) is 2. The fraction of sp³-hybridized carbons (Fsp3) is 0.357. The van der Waals surface area contributed by atoms with E-state index in [-0.39, 0.29) is 0 Å². The first-order chi connectivity index (χ1) is 9.11. The number of nitrogens with one attached hydrogen (secondary N) is 1. The van der Waals surface area contributed by atoms with Gasteiger partial charge in [-0.05, 0) is 72.3 Å². The lowest BCUT2D eigenvalue weighted by atomic mass is 10.0. The lowest BCUT2D eigenvalue weighted by Crippen LogP contribution is -2.18. The van der Waals surface area contributed by atoms with Gasteiger partial charge in [-0.25, -0.2) is 0 Å². The molecule has 0 spiro atoms. The minimum Gasteiger partial charge on any atom is -0.313 e. The van der Waals surface area contributed by atoms with Gasteiger partial charge in [-0.15, -0.1) is 0 Å². The summed E-state index contributed by atoms with van der Waals surface area (Å²) in [7, 11) is 4.01. The molecule has 1 aromatic heterocycles. The molecule has 0 aliphatic heterocycles. The monoisotopic (exact) mass is 433 g/mol. The molecule has 102 valence electrons. The lowest BCUT2D eigenvalue weighted by Gasteiger charge is -2.18. The van der Waals surface area contributed by atoms with Crippen molar-refractivity contribution in [3.8, 4) is 0 Å². The van der Waals surface area contributed by atoms with E-state index in [9.17, 15) is 0 Å². The Balaban J connectivity index is 2.12. The smallest absolute Gasteiger partial charge is 0.0492 e. The maximum Gasteiger partial charge on any atom is 0.0492 e. The Morgan fingerprint density at radius 1 is 1.42 bits per heavy atom. The highest BCUT2D eigenvalue weighted by Gasteiger charge is 2.14. The van der Waals surface area contributed by atoms with Crippen LogP contribution in [0.2, 0.25) is 0 Å². The quantitative estimate of drug-likeness (QED) is 0.729. The molecule has 1 aromatic carbocycles. The average Bonchev–Trinajstić information content (AvgIpc) is 2.80. The second-order valence-electron chi connectivity index (χ2n) is 4.49. The van der Waals surface area contributed by atoms with Gasteiger partial charge in [0.25, 0.3) is 0 Å².